The van der Waals surface area contributed by atoms with Crippen LogP contribution in [0.5, 0.6) is 0 Å². The van der Waals surface area contributed by atoms with Gasteiger partial charge in [0.25, 0.3) is 0 Å². The number of benzene rings is 1. The van der Waals surface area contributed by atoms with Crippen molar-refractivity contribution in [1.82, 2.24) is 0 Å². The van der Waals surface area contributed by atoms with E-state index in [0.29, 0.717) is 29.0 Å². The molecule has 0 nitrogen and oxygen atoms in total. The van der Waals surface area contributed by atoms with Crippen molar-refractivity contribution in [2.24, 2.45) is 23.7 Å². The summed E-state index contributed by atoms with van der Waals surface area (Å²) in [5.41, 5.74) is 3.31. The SMILES string of the molecule is C=CC1CCC(C2CCC(C(=C/C)/C(F)=C\C(C)c3ccc(C4C(=C)C=C(C/C=C\CCC)C(F)=C4F)cc3)CC2)CC1. The summed E-state index contributed by atoms with van der Waals surface area (Å²) in [6, 6.07) is 7.44. The molecule has 3 aliphatic rings. The zero-order valence-corrected chi connectivity index (χ0v) is 26.6. The van der Waals surface area contributed by atoms with Crippen LogP contribution in [0.25, 0.3) is 0 Å². The Labute approximate surface area is 258 Å². The highest BCUT2D eigenvalue weighted by Crippen LogP contribution is 2.45. The van der Waals surface area contributed by atoms with E-state index < -0.39 is 17.6 Å². The zero-order chi connectivity index (χ0) is 30.9. The summed E-state index contributed by atoms with van der Waals surface area (Å²) in [6.45, 7) is 14.0. The molecule has 0 bridgehead atoms. The van der Waals surface area contributed by atoms with Gasteiger partial charge in [0, 0.05) is 5.92 Å². The van der Waals surface area contributed by atoms with Gasteiger partial charge in [-0.3, -0.25) is 0 Å². The topological polar surface area (TPSA) is 0 Å². The molecule has 0 amide bonds. The largest absolute Gasteiger partial charge is 0.208 e. The van der Waals surface area contributed by atoms with Crippen molar-refractivity contribution in [3.05, 3.63) is 119 Å². The quantitative estimate of drug-likeness (QED) is 0.178. The van der Waals surface area contributed by atoms with E-state index in [9.17, 15) is 4.39 Å². The standard InChI is InChI=1S/C40H51F3/c1-6-9-10-11-12-35-25-28(5)38(40(43)39(35)42)34-23-17-30(18-24-34)27(4)26-37(41)36(8-3)33-21-19-32(20-22-33)31-15-13-29(7-2)14-16-31/h7-8,10-11,17-18,23-27,29,31-33,38H,2,5-6,9,12-16,19-22H2,1,3-4H3/b11-10-,36-8-,37-26+. The third-order valence-corrected chi connectivity index (χ3v) is 10.2. The van der Waals surface area contributed by atoms with Gasteiger partial charge in [0.1, 0.15) is 11.7 Å². The normalized spacial score (nSPS) is 28.3. The summed E-state index contributed by atoms with van der Waals surface area (Å²) < 4.78 is 45.8. The van der Waals surface area contributed by atoms with E-state index in [4.69, 9.17) is 0 Å². The number of hydrogen-bond donors (Lipinski definition) is 0. The summed E-state index contributed by atoms with van der Waals surface area (Å²) in [6.07, 6.45) is 23.3. The molecule has 2 saturated carbocycles. The smallest absolute Gasteiger partial charge is 0.159 e. The molecular formula is C40H51F3. The summed E-state index contributed by atoms with van der Waals surface area (Å²) in [5, 5.41) is 0. The Morgan fingerprint density at radius 1 is 0.953 bits per heavy atom. The molecule has 1 aromatic rings. The average molecular weight is 589 g/mol. The van der Waals surface area contributed by atoms with E-state index in [1.165, 1.54) is 38.5 Å². The molecule has 4 rings (SSSR count). The highest BCUT2D eigenvalue weighted by Gasteiger charge is 2.32. The van der Waals surface area contributed by atoms with E-state index in [0.717, 1.165) is 48.7 Å². The molecule has 1 aromatic carbocycles. The van der Waals surface area contributed by atoms with E-state index in [2.05, 4.69) is 26.2 Å². The first-order chi connectivity index (χ1) is 20.8. The summed E-state index contributed by atoms with van der Waals surface area (Å²) in [4.78, 5) is 0. The number of allylic oxidation sites excluding steroid dienone is 12. The Kier molecular flexibility index (Phi) is 12.1. The van der Waals surface area contributed by atoms with E-state index >= 15 is 8.78 Å². The molecule has 0 heterocycles. The van der Waals surface area contributed by atoms with Crippen LogP contribution >= 0.6 is 0 Å². The Morgan fingerprint density at radius 2 is 1.58 bits per heavy atom. The van der Waals surface area contributed by atoms with Gasteiger partial charge in [0.15, 0.2) is 5.83 Å². The van der Waals surface area contributed by atoms with Gasteiger partial charge in [-0.05, 0) is 129 Å². The van der Waals surface area contributed by atoms with Gasteiger partial charge in [0.2, 0.25) is 0 Å². The molecule has 232 valence electrons. The molecule has 0 N–H and O–H groups in total. The Hall–Kier alpha value is -2.81. The fourth-order valence-corrected chi connectivity index (χ4v) is 7.54. The maximum absolute atomic E-state index is 15.7. The lowest BCUT2D eigenvalue weighted by molar-refractivity contribution is 0.164. The number of unbranched alkanes of at least 4 members (excludes halogenated alkanes) is 1. The fraction of sp³-hybridized carbons (Fsp3) is 0.500. The van der Waals surface area contributed by atoms with Crippen molar-refractivity contribution in [3.63, 3.8) is 0 Å². The molecular weight excluding hydrogens is 537 g/mol. The third kappa shape index (κ3) is 8.22. The van der Waals surface area contributed by atoms with Crippen LogP contribution in [-0.2, 0) is 0 Å². The molecule has 3 aliphatic carbocycles. The predicted molar refractivity (Wildman–Crippen MR) is 177 cm³/mol. The van der Waals surface area contributed by atoms with Crippen LogP contribution in [-0.4, -0.2) is 0 Å². The summed E-state index contributed by atoms with van der Waals surface area (Å²) >= 11 is 0. The lowest BCUT2D eigenvalue weighted by Gasteiger charge is -2.37. The molecule has 0 radical (unpaired) electrons. The van der Waals surface area contributed by atoms with Crippen molar-refractivity contribution in [2.45, 2.75) is 103 Å². The van der Waals surface area contributed by atoms with Crippen LogP contribution in [0.4, 0.5) is 13.2 Å². The molecule has 43 heavy (non-hydrogen) atoms. The fourth-order valence-electron chi connectivity index (χ4n) is 7.54. The second-order valence-electron chi connectivity index (χ2n) is 13.0. The first-order valence-corrected chi connectivity index (χ1v) is 16.6. The summed E-state index contributed by atoms with van der Waals surface area (Å²) in [5.74, 6) is -0.0934. The second kappa shape index (κ2) is 15.8. The maximum atomic E-state index is 15.7. The highest BCUT2D eigenvalue weighted by molar-refractivity contribution is 5.51. The molecule has 0 aliphatic heterocycles. The lowest BCUT2D eigenvalue weighted by atomic mass is 9.68. The molecule has 2 unspecified atom stereocenters. The minimum absolute atomic E-state index is 0.128. The van der Waals surface area contributed by atoms with E-state index in [1.807, 2.05) is 56.3 Å². The average Bonchev–Trinajstić information content (AvgIpc) is 3.02. The summed E-state index contributed by atoms with van der Waals surface area (Å²) in [7, 11) is 0. The first-order valence-electron chi connectivity index (χ1n) is 16.6. The van der Waals surface area contributed by atoms with Crippen molar-refractivity contribution in [1.29, 1.82) is 0 Å². The molecule has 3 heteroatoms. The molecule has 0 aromatic heterocycles. The Bertz CT molecular complexity index is 1260. The van der Waals surface area contributed by atoms with Crippen LogP contribution in [0.1, 0.15) is 114 Å². The van der Waals surface area contributed by atoms with Crippen LogP contribution in [0.15, 0.2) is 108 Å². The number of hydrogen-bond acceptors (Lipinski definition) is 0. The molecule has 0 spiro atoms. The predicted octanol–water partition coefficient (Wildman–Crippen LogP) is 12.9. The van der Waals surface area contributed by atoms with E-state index in [-0.39, 0.29) is 17.7 Å². The minimum atomic E-state index is -0.832. The van der Waals surface area contributed by atoms with Gasteiger partial charge in [0.05, 0.1) is 5.92 Å². The van der Waals surface area contributed by atoms with Gasteiger partial charge in [-0.25, -0.2) is 13.2 Å². The second-order valence-corrected chi connectivity index (χ2v) is 13.0. The Morgan fingerprint density at radius 3 is 2.16 bits per heavy atom. The van der Waals surface area contributed by atoms with E-state index in [1.54, 1.807) is 12.2 Å². The first kappa shape index (κ1) is 33.1. The van der Waals surface area contributed by atoms with Gasteiger partial charge in [-0.1, -0.05) is 81.5 Å². The highest BCUT2D eigenvalue weighted by atomic mass is 19.2. The van der Waals surface area contributed by atoms with Crippen molar-refractivity contribution in [2.75, 3.05) is 0 Å². The van der Waals surface area contributed by atoms with Crippen LogP contribution in [0, 0.1) is 23.7 Å². The zero-order valence-electron chi connectivity index (χ0n) is 26.6. The van der Waals surface area contributed by atoms with Crippen molar-refractivity contribution < 1.29 is 13.2 Å². The molecule has 2 fully saturated rings. The monoisotopic (exact) mass is 588 g/mol. The third-order valence-electron chi connectivity index (χ3n) is 10.2. The van der Waals surface area contributed by atoms with Gasteiger partial charge in [-0.15, -0.1) is 6.58 Å². The van der Waals surface area contributed by atoms with Gasteiger partial charge >= 0.3 is 0 Å². The molecule has 2 atom stereocenters. The van der Waals surface area contributed by atoms with Crippen molar-refractivity contribution in [3.8, 4) is 0 Å². The lowest BCUT2D eigenvalue weighted by Crippen LogP contribution is -2.26. The Balaban J connectivity index is 1.36. The van der Waals surface area contributed by atoms with Crippen LogP contribution < -0.4 is 0 Å². The van der Waals surface area contributed by atoms with Crippen LogP contribution in [0.3, 0.4) is 0 Å². The molecule has 0 saturated heterocycles. The maximum Gasteiger partial charge on any atom is 0.159 e. The number of halogens is 3. The van der Waals surface area contributed by atoms with Gasteiger partial charge in [-0.2, -0.15) is 0 Å². The van der Waals surface area contributed by atoms with Crippen LogP contribution in [0.2, 0.25) is 0 Å². The van der Waals surface area contributed by atoms with Gasteiger partial charge < -0.3 is 0 Å². The number of rotatable bonds is 11. The van der Waals surface area contributed by atoms with Crippen molar-refractivity contribution >= 4 is 0 Å². The minimum Gasteiger partial charge on any atom is -0.208 e.